The third kappa shape index (κ3) is 3.86. The van der Waals surface area contributed by atoms with E-state index in [1.165, 1.54) is 11.3 Å². The highest BCUT2D eigenvalue weighted by molar-refractivity contribution is 7.13. The zero-order chi connectivity index (χ0) is 15.5. The summed E-state index contributed by atoms with van der Waals surface area (Å²) in [6.45, 7) is 1.64. The topological polar surface area (TPSA) is 45.2 Å². The normalized spacial score (nSPS) is 17.1. The molecule has 0 aliphatic carbocycles. The summed E-state index contributed by atoms with van der Waals surface area (Å²) in [6, 6.07) is 7.84. The Balaban J connectivity index is 0.00000192. The second-order valence-electron chi connectivity index (χ2n) is 5.37. The van der Waals surface area contributed by atoms with Crippen LogP contribution < -0.4 is 5.32 Å². The average molecular weight is 372 g/mol. The van der Waals surface area contributed by atoms with Gasteiger partial charge in [-0.15, -0.1) is 23.7 Å². The summed E-state index contributed by atoms with van der Waals surface area (Å²) in [5.74, 6) is 0.0207. The van der Waals surface area contributed by atoms with E-state index < -0.39 is 0 Å². The van der Waals surface area contributed by atoms with Crippen LogP contribution in [-0.4, -0.2) is 42.0 Å². The Labute approximate surface area is 151 Å². The minimum absolute atomic E-state index is 0. The highest BCUT2D eigenvalue weighted by atomic mass is 35.5. The number of amides is 1. The van der Waals surface area contributed by atoms with Gasteiger partial charge in [-0.1, -0.05) is 29.8 Å². The number of carbonyl (C=O) groups is 1. The lowest BCUT2D eigenvalue weighted by Gasteiger charge is -2.23. The molecule has 23 heavy (non-hydrogen) atoms. The summed E-state index contributed by atoms with van der Waals surface area (Å²) >= 11 is 7.66. The highest BCUT2D eigenvalue weighted by Crippen LogP contribution is 2.31. The van der Waals surface area contributed by atoms with Crippen molar-refractivity contribution < 1.29 is 4.79 Å². The molecule has 2 aromatic rings. The van der Waals surface area contributed by atoms with Gasteiger partial charge in [0.1, 0.15) is 10.7 Å². The molecule has 2 heterocycles. The van der Waals surface area contributed by atoms with Crippen LogP contribution in [0.1, 0.15) is 23.3 Å². The van der Waals surface area contributed by atoms with Crippen LogP contribution in [0.3, 0.4) is 0 Å². The zero-order valence-corrected chi connectivity index (χ0v) is 15.2. The number of thiazole rings is 1. The van der Waals surface area contributed by atoms with E-state index in [0.29, 0.717) is 10.7 Å². The molecule has 0 saturated carbocycles. The lowest BCUT2D eigenvalue weighted by Crippen LogP contribution is -2.40. The second kappa shape index (κ2) is 8.11. The van der Waals surface area contributed by atoms with Crippen molar-refractivity contribution in [2.75, 3.05) is 20.1 Å². The standard InChI is InChI=1S/C16H18ClN3OS.ClH/c1-18-9-11-5-4-8-20(11)16(21)14-10-22-15(19-14)12-6-2-3-7-13(12)17;/h2-3,6-7,10-11,18H,4-5,8-9H2,1H3;1H. The van der Waals surface area contributed by atoms with E-state index in [9.17, 15) is 4.79 Å². The monoisotopic (exact) mass is 371 g/mol. The number of benzene rings is 1. The third-order valence-corrected chi connectivity index (χ3v) is 5.11. The van der Waals surface area contributed by atoms with Crippen LogP contribution in [0.5, 0.6) is 0 Å². The van der Waals surface area contributed by atoms with E-state index in [4.69, 9.17) is 11.6 Å². The maximum Gasteiger partial charge on any atom is 0.273 e. The van der Waals surface area contributed by atoms with Crippen LogP contribution in [0, 0.1) is 0 Å². The molecule has 1 unspecified atom stereocenters. The van der Waals surface area contributed by atoms with Crippen LogP contribution in [0.4, 0.5) is 0 Å². The predicted octanol–water partition coefficient (Wildman–Crippen LogP) is 3.71. The Morgan fingerprint density at radius 1 is 1.48 bits per heavy atom. The smallest absolute Gasteiger partial charge is 0.273 e. The summed E-state index contributed by atoms with van der Waals surface area (Å²) in [5.41, 5.74) is 1.39. The molecular weight excluding hydrogens is 353 g/mol. The van der Waals surface area contributed by atoms with Gasteiger partial charge < -0.3 is 10.2 Å². The average Bonchev–Trinajstić information content (AvgIpc) is 3.17. The first-order valence-corrected chi connectivity index (χ1v) is 8.62. The van der Waals surface area contributed by atoms with E-state index in [1.54, 1.807) is 0 Å². The van der Waals surface area contributed by atoms with Gasteiger partial charge in [0.15, 0.2) is 0 Å². The lowest BCUT2D eigenvalue weighted by molar-refractivity contribution is 0.0732. The molecular formula is C16H19Cl2N3OS. The van der Waals surface area contributed by atoms with Crippen molar-refractivity contribution in [1.82, 2.24) is 15.2 Å². The molecule has 1 aromatic carbocycles. The van der Waals surface area contributed by atoms with E-state index in [0.717, 1.165) is 36.5 Å². The van der Waals surface area contributed by atoms with Crippen molar-refractivity contribution in [1.29, 1.82) is 0 Å². The van der Waals surface area contributed by atoms with Gasteiger partial charge in [0.25, 0.3) is 5.91 Å². The Kier molecular flexibility index (Phi) is 6.41. The minimum Gasteiger partial charge on any atom is -0.333 e. The first-order valence-electron chi connectivity index (χ1n) is 7.36. The Morgan fingerprint density at radius 3 is 3.00 bits per heavy atom. The summed E-state index contributed by atoms with van der Waals surface area (Å²) in [4.78, 5) is 19.1. The number of halogens is 2. The lowest BCUT2D eigenvalue weighted by atomic mass is 10.2. The second-order valence-corrected chi connectivity index (χ2v) is 6.64. The zero-order valence-electron chi connectivity index (χ0n) is 12.8. The quantitative estimate of drug-likeness (QED) is 0.890. The number of hydrogen-bond donors (Lipinski definition) is 1. The first kappa shape index (κ1) is 18.2. The number of aromatic nitrogens is 1. The molecule has 124 valence electrons. The molecule has 0 bridgehead atoms. The summed E-state index contributed by atoms with van der Waals surface area (Å²) in [5, 5.41) is 6.43. The number of rotatable bonds is 4. The number of likely N-dealkylation sites (tertiary alicyclic amines) is 1. The van der Waals surface area contributed by atoms with Crippen LogP contribution in [0.2, 0.25) is 5.02 Å². The van der Waals surface area contributed by atoms with E-state index in [1.807, 2.05) is 41.6 Å². The van der Waals surface area contributed by atoms with Gasteiger partial charge in [-0.05, 0) is 26.0 Å². The molecule has 1 N–H and O–H groups in total. The maximum atomic E-state index is 12.7. The van der Waals surface area contributed by atoms with Crippen molar-refractivity contribution in [2.45, 2.75) is 18.9 Å². The number of nitrogens with one attached hydrogen (secondary N) is 1. The maximum absolute atomic E-state index is 12.7. The SMILES string of the molecule is CNCC1CCCN1C(=O)c1csc(-c2ccccc2Cl)n1.Cl. The minimum atomic E-state index is 0. The van der Waals surface area contributed by atoms with Crippen LogP contribution in [0.15, 0.2) is 29.6 Å². The fourth-order valence-electron chi connectivity index (χ4n) is 2.83. The van der Waals surface area contributed by atoms with Gasteiger partial charge in [-0.2, -0.15) is 0 Å². The summed E-state index contributed by atoms with van der Waals surface area (Å²) in [7, 11) is 1.92. The molecule has 0 spiro atoms. The van der Waals surface area contributed by atoms with Gasteiger partial charge in [0.2, 0.25) is 0 Å². The first-order chi connectivity index (χ1) is 10.7. The van der Waals surface area contributed by atoms with Gasteiger partial charge in [-0.3, -0.25) is 4.79 Å². The Bertz CT molecular complexity index is 677. The van der Waals surface area contributed by atoms with Crippen molar-refractivity contribution in [3.05, 3.63) is 40.4 Å². The Morgan fingerprint density at radius 2 is 2.26 bits per heavy atom. The van der Waals surface area contributed by atoms with Gasteiger partial charge in [0, 0.05) is 30.1 Å². The van der Waals surface area contributed by atoms with Gasteiger partial charge in [-0.25, -0.2) is 4.98 Å². The van der Waals surface area contributed by atoms with Gasteiger partial charge in [0.05, 0.1) is 5.02 Å². The molecule has 1 amide bonds. The molecule has 7 heteroatoms. The fourth-order valence-corrected chi connectivity index (χ4v) is 3.94. The molecule has 4 nitrogen and oxygen atoms in total. The molecule has 1 atom stereocenters. The molecule has 1 aromatic heterocycles. The number of likely N-dealkylation sites (N-methyl/N-ethyl adjacent to an activating group) is 1. The van der Waals surface area contributed by atoms with Crippen molar-refractivity contribution in [3.63, 3.8) is 0 Å². The molecule has 1 saturated heterocycles. The van der Waals surface area contributed by atoms with E-state index >= 15 is 0 Å². The summed E-state index contributed by atoms with van der Waals surface area (Å²) < 4.78 is 0. The van der Waals surface area contributed by atoms with Crippen LogP contribution in [0.25, 0.3) is 10.6 Å². The van der Waals surface area contributed by atoms with Crippen LogP contribution >= 0.6 is 35.3 Å². The van der Waals surface area contributed by atoms with E-state index in [2.05, 4.69) is 10.3 Å². The highest BCUT2D eigenvalue weighted by Gasteiger charge is 2.30. The van der Waals surface area contributed by atoms with Crippen molar-refractivity contribution in [2.24, 2.45) is 0 Å². The molecule has 1 aliphatic rings. The largest absolute Gasteiger partial charge is 0.333 e. The van der Waals surface area contributed by atoms with E-state index in [-0.39, 0.29) is 24.4 Å². The third-order valence-electron chi connectivity index (χ3n) is 3.91. The number of hydrogen-bond acceptors (Lipinski definition) is 4. The predicted molar refractivity (Wildman–Crippen MR) is 97.8 cm³/mol. The molecule has 0 radical (unpaired) electrons. The number of nitrogens with zero attached hydrogens (tertiary/aromatic N) is 2. The van der Waals surface area contributed by atoms with Crippen LogP contribution in [-0.2, 0) is 0 Å². The Hall–Kier alpha value is -1.14. The van der Waals surface area contributed by atoms with Crippen molar-refractivity contribution in [3.8, 4) is 10.6 Å². The fraction of sp³-hybridized carbons (Fsp3) is 0.375. The molecule has 3 rings (SSSR count). The van der Waals surface area contributed by atoms with Gasteiger partial charge >= 0.3 is 0 Å². The molecule has 1 fully saturated rings. The summed E-state index contributed by atoms with van der Waals surface area (Å²) in [6.07, 6.45) is 2.10. The molecule has 1 aliphatic heterocycles. The van der Waals surface area contributed by atoms with Crippen molar-refractivity contribution >= 4 is 41.3 Å². The number of carbonyl (C=O) groups excluding carboxylic acids is 1.